The first kappa shape index (κ1) is 14.3. The molecule has 0 aliphatic heterocycles. The van der Waals surface area contributed by atoms with Gasteiger partial charge in [-0.3, -0.25) is 0 Å². The van der Waals surface area contributed by atoms with Crippen molar-refractivity contribution >= 4 is 5.82 Å². The van der Waals surface area contributed by atoms with Crippen LogP contribution in [-0.4, -0.2) is 24.4 Å². The van der Waals surface area contributed by atoms with Crippen molar-refractivity contribution in [2.24, 2.45) is 0 Å². The van der Waals surface area contributed by atoms with Gasteiger partial charge in [-0.2, -0.15) is 0 Å². The number of nitrogens with zero attached hydrogens (tertiary/aromatic N) is 2. The number of ether oxygens (including phenoxy) is 1. The van der Waals surface area contributed by atoms with Crippen LogP contribution >= 0.6 is 0 Å². The molecule has 1 N–H and O–H groups in total. The first-order valence-corrected chi connectivity index (χ1v) is 6.66. The lowest BCUT2D eigenvalue weighted by molar-refractivity contribution is 0.411. The number of nitrogens with one attached hydrogen (secondary N) is 1. The van der Waals surface area contributed by atoms with Crippen LogP contribution in [0, 0.1) is 27.7 Å². The van der Waals surface area contributed by atoms with E-state index in [1.54, 1.807) is 7.11 Å². The number of hydrogen-bond acceptors (Lipinski definition) is 4. The summed E-state index contributed by atoms with van der Waals surface area (Å²) in [5.41, 5.74) is 6.57. The Bertz CT molecular complexity index is 649. The van der Waals surface area contributed by atoms with Crippen LogP contribution in [0.25, 0.3) is 11.3 Å². The molecule has 0 bridgehead atoms. The summed E-state index contributed by atoms with van der Waals surface area (Å²) in [6.07, 6.45) is 0. The van der Waals surface area contributed by atoms with Crippen LogP contribution in [0.3, 0.4) is 0 Å². The molecule has 1 aromatic carbocycles. The minimum Gasteiger partial charge on any atom is -0.496 e. The summed E-state index contributed by atoms with van der Waals surface area (Å²) in [6, 6.07) is 4.16. The van der Waals surface area contributed by atoms with Crippen molar-refractivity contribution in [3.05, 3.63) is 34.4 Å². The molecule has 0 aliphatic carbocycles. The highest BCUT2D eigenvalue weighted by atomic mass is 16.5. The van der Waals surface area contributed by atoms with Crippen molar-refractivity contribution in [1.82, 2.24) is 10.2 Å². The first-order valence-electron chi connectivity index (χ1n) is 6.66. The van der Waals surface area contributed by atoms with Crippen molar-refractivity contribution < 1.29 is 4.74 Å². The van der Waals surface area contributed by atoms with Gasteiger partial charge < -0.3 is 10.1 Å². The number of hydrogen-bond donors (Lipinski definition) is 1. The molecule has 0 atom stereocenters. The van der Waals surface area contributed by atoms with Gasteiger partial charge in [0, 0.05) is 12.6 Å². The molecular formula is C16H21N3O. The van der Waals surface area contributed by atoms with Gasteiger partial charge in [-0.05, 0) is 62.1 Å². The summed E-state index contributed by atoms with van der Waals surface area (Å²) in [5, 5.41) is 11.7. The van der Waals surface area contributed by atoms with Gasteiger partial charge >= 0.3 is 0 Å². The molecular weight excluding hydrogens is 250 g/mol. The van der Waals surface area contributed by atoms with E-state index in [0.29, 0.717) is 0 Å². The first-order chi connectivity index (χ1) is 9.49. The minimum absolute atomic E-state index is 0.828. The van der Waals surface area contributed by atoms with Gasteiger partial charge in [0.05, 0.1) is 12.8 Å². The van der Waals surface area contributed by atoms with Crippen LogP contribution in [0.15, 0.2) is 12.1 Å². The van der Waals surface area contributed by atoms with Gasteiger partial charge in [0.25, 0.3) is 0 Å². The number of aryl methyl sites for hydroxylation is 2. The van der Waals surface area contributed by atoms with E-state index in [0.717, 1.165) is 45.1 Å². The normalized spacial score (nSPS) is 10.5. The van der Waals surface area contributed by atoms with E-state index in [-0.39, 0.29) is 0 Å². The fraction of sp³-hybridized carbons (Fsp3) is 0.375. The Morgan fingerprint density at radius 3 is 2.25 bits per heavy atom. The van der Waals surface area contributed by atoms with Gasteiger partial charge in [0.1, 0.15) is 5.75 Å². The predicted octanol–water partition coefficient (Wildman–Crippen LogP) is 3.43. The Balaban J connectivity index is 2.63. The summed E-state index contributed by atoms with van der Waals surface area (Å²) < 4.78 is 5.36. The van der Waals surface area contributed by atoms with E-state index >= 15 is 0 Å². The zero-order valence-electron chi connectivity index (χ0n) is 13.0. The lowest BCUT2D eigenvalue weighted by Crippen LogP contribution is -2.03. The summed E-state index contributed by atoms with van der Waals surface area (Å²) in [4.78, 5) is 0. The summed E-state index contributed by atoms with van der Waals surface area (Å²) in [5.74, 6) is 1.73. The Morgan fingerprint density at radius 1 is 0.950 bits per heavy atom. The van der Waals surface area contributed by atoms with Crippen LogP contribution in [-0.2, 0) is 0 Å². The zero-order valence-corrected chi connectivity index (χ0v) is 13.0. The van der Waals surface area contributed by atoms with Crippen molar-refractivity contribution in [2.45, 2.75) is 27.7 Å². The van der Waals surface area contributed by atoms with Gasteiger partial charge in [-0.15, -0.1) is 10.2 Å². The van der Waals surface area contributed by atoms with E-state index < -0.39 is 0 Å². The largest absolute Gasteiger partial charge is 0.496 e. The maximum Gasteiger partial charge on any atom is 0.151 e. The van der Waals surface area contributed by atoms with Crippen molar-refractivity contribution in [3.8, 4) is 17.0 Å². The third-order valence-electron chi connectivity index (χ3n) is 3.76. The monoisotopic (exact) mass is 271 g/mol. The molecule has 2 rings (SSSR count). The summed E-state index contributed by atoms with van der Waals surface area (Å²) >= 11 is 0. The molecule has 0 saturated carbocycles. The summed E-state index contributed by atoms with van der Waals surface area (Å²) in [7, 11) is 3.55. The van der Waals surface area contributed by atoms with Crippen molar-refractivity contribution in [1.29, 1.82) is 0 Å². The molecule has 0 unspecified atom stereocenters. The number of methoxy groups -OCH3 is 1. The fourth-order valence-electron chi connectivity index (χ4n) is 2.36. The second-order valence-corrected chi connectivity index (χ2v) is 5.03. The molecule has 4 heteroatoms. The number of aromatic nitrogens is 2. The lowest BCUT2D eigenvalue weighted by Gasteiger charge is -2.14. The van der Waals surface area contributed by atoms with E-state index in [1.807, 2.05) is 20.0 Å². The number of rotatable bonds is 3. The maximum absolute atomic E-state index is 5.36. The Morgan fingerprint density at radius 2 is 1.65 bits per heavy atom. The smallest absolute Gasteiger partial charge is 0.151 e. The molecule has 0 spiro atoms. The lowest BCUT2D eigenvalue weighted by atomic mass is 9.97. The average Bonchev–Trinajstić information content (AvgIpc) is 2.44. The molecule has 0 aliphatic rings. The molecule has 0 amide bonds. The number of anilines is 1. The quantitative estimate of drug-likeness (QED) is 0.929. The van der Waals surface area contributed by atoms with Crippen LogP contribution in [0.2, 0.25) is 0 Å². The second-order valence-electron chi connectivity index (χ2n) is 5.03. The summed E-state index contributed by atoms with van der Waals surface area (Å²) in [6.45, 7) is 8.25. The SMILES string of the molecule is CNc1nnc(-c2cc(C)c(OC)cc2C)c(C)c1C. The minimum atomic E-state index is 0.828. The fourth-order valence-corrected chi connectivity index (χ4v) is 2.36. The second kappa shape index (κ2) is 5.49. The highest BCUT2D eigenvalue weighted by Gasteiger charge is 2.14. The average molecular weight is 271 g/mol. The van der Waals surface area contributed by atoms with E-state index in [9.17, 15) is 0 Å². The molecule has 106 valence electrons. The Hall–Kier alpha value is -2.10. The van der Waals surface area contributed by atoms with Gasteiger partial charge in [-0.1, -0.05) is 0 Å². The predicted molar refractivity (Wildman–Crippen MR) is 82.5 cm³/mol. The van der Waals surface area contributed by atoms with E-state index in [1.165, 1.54) is 0 Å². The third-order valence-corrected chi connectivity index (χ3v) is 3.76. The van der Waals surface area contributed by atoms with Crippen molar-refractivity contribution in [2.75, 3.05) is 19.5 Å². The third kappa shape index (κ3) is 2.33. The molecule has 2 aromatic rings. The number of benzene rings is 1. The molecule has 4 nitrogen and oxygen atoms in total. The molecule has 20 heavy (non-hydrogen) atoms. The van der Waals surface area contributed by atoms with Gasteiger partial charge in [0.2, 0.25) is 0 Å². The van der Waals surface area contributed by atoms with Crippen LogP contribution < -0.4 is 10.1 Å². The molecule has 0 saturated heterocycles. The van der Waals surface area contributed by atoms with Crippen LogP contribution in [0.4, 0.5) is 5.82 Å². The molecule has 0 fully saturated rings. The molecule has 0 radical (unpaired) electrons. The van der Waals surface area contributed by atoms with Crippen LogP contribution in [0.5, 0.6) is 5.75 Å². The van der Waals surface area contributed by atoms with Crippen molar-refractivity contribution in [3.63, 3.8) is 0 Å². The van der Waals surface area contributed by atoms with E-state index in [4.69, 9.17) is 4.74 Å². The standard InChI is InChI=1S/C16H21N3O/c1-9-8-14(20-6)10(2)7-13(9)15-11(3)12(4)16(17-5)19-18-15/h7-8H,1-6H3,(H,17,19). The van der Waals surface area contributed by atoms with E-state index in [2.05, 4.69) is 42.4 Å². The Kier molecular flexibility index (Phi) is 3.93. The molecule has 1 heterocycles. The zero-order chi connectivity index (χ0) is 14.9. The highest BCUT2D eigenvalue weighted by Crippen LogP contribution is 2.32. The topological polar surface area (TPSA) is 47.0 Å². The Labute approximate surface area is 120 Å². The van der Waals surface area contributed by atoms with Gasteiger partial charge in [0.15, 0.2) is 5.82 Å². The van der Waals surface area contributed by atoms with Gasteiger partial charge in [-0.25, -0.2) is 0 Å². The van der Waals surface area contributed by atoms with Crippen LogP contribution in [0.1, 0.15) is 22.3 Å². The maximum atomic E-state index is 5.36. The highest BCUT2D eigenvalue weighted by molar-refractivity contribution is 5.71. The molecule has 1 aromatic heterocycles.